The number of carbonyl (C=O) groups excluding carboxylic acids is 1. The van der Waals surface area contributed by atoms with Crippen LogP contribution in [0.25, 0.3) is 0 Å². The molecule has 1 fully saturated rings. The predicted molar refractivity (Wildman–Crippen MR) is 64.1 cm³/mol. The van der Waals surface area contributed by atoms with Gasteiger partial charge in [0.05, 0.1) is 12.9 Å². The SMILES string of the molecule is COC(=O)CCCS(=O)(=O)NCCNC1CC1. The van der Waals surface area contributed by atoms with Crippen LogP contribution in [0.3, 0.4) is 0 Å². The van der Waals surface area contributed by atoms with Crippen LogP contribution >= 0.6 is 0 Å². The molecular formula is C10H20N2O4S. The van der Waals surface area contributed by atoms with Gasteiger partial charge < -0.3 is 10.1 Å². The second kappa shape index (κ2) is 6.93. The summed E-state index contributed by atoms with van der Waals surface area (Å²) < 4.78 is 29.9. The highest BCUT2D eigenvalue weighted by Gasteiger charge is 2.20. The zero-order valence-corrected chi connectivity index (χ0v) is 10.9. The fraction of sp³-hybridized carbons (Fsp3) is 0.900. The third-order valence-electron chi connectivity index (χ3n) is 2.48. The van der Waals surface area contributed by atoms with Gasteiger partial charge in [-0.3, -0.25) is 4.79 Å². The maximum Gasteiger partial charge on any atom is 0.305 e. The molecule has 7 heteroatoms. The minimum Gasteiger partial charge on any atom is -0.469 e. The molecule has 1 aliphatic carbocycles. The fourth-order valence-corrected chi connectivity index (χ4v) is 2.43. The van der Waals surface area contributed by atoms with Gasteiger partial charge in [-0.15, -0.1) is 0 Å². The van der Waals surface area contributed by atoms with Crippen molar-refractivity contribution in [3.63, 3.8) is 0 Å². The number of nitrogens with one attached hydrogen (secondary N) is 2. The first-order valence-electron chi connectivity index (χ1n) is 5.81. The molecule has 0 amide bonds. The predicted octanol–water partition coefficient (Wildman–Crippen LogP) is -0.389. The Hall–Kier alpha value is -0.660. The Labute approximate surface area is 102 Å². The Kier molecular flexibility index (Phi) is 5.87. The number of sulfonamides is 1. The van der Waals surface area contributed by atoms with Crippen molar-refractivity contribution in [2.45, 2.75) is 31.7 Å². The topological polar surface area (TPSA) is 84.5 Å². The summed E-state index contributed by atoms with van der Waals surface area (Å²) in [6.07, 6.45) is 2.80. The number of hydrogen-bond donors (Lipinski definition) is 2. The summed E-state index contributed by atoms with van der Waals surface area (Å²) in [5, 5.41) is 3.21. The number of carbonyl (C=O) groups is 1. The van der Waals surface area contributed by atoms with Gasteiger partial charge in [0.15, 0.2) is 0 Å². The first-order chi connectivity index (χ1) is 8.03. The van der Waals surface area contributed by atoms with E-state index < -0.39 is 10.0 Å². The largest absolute Gasteiger partial charge is 0.469 e. The van der Waals surface area contributed by atoms with Crippen molar-refractivity contribution in [2.24, 2.45) is 0 Å². The summed E-state index contributed by atoms with van der Waals surface area (Å²) >= 11 is 0. The minimum absolute atomic E-state index is 0.0362. The summed E-state index contributed by atoms with van der Waals surface area (Å²) in [4.78, 5) is 10.8. The smallest absolute Gasteiger partial charge is 0.305 e. The van der Waals surface area contributed by atoms with Crippen LogP contribution in [-0.4, -0.2) is 46.4 Å². The molecule has 2 N–H and O–H groups in total. The van der Waals surface area contributed by atoms with E-state index in [9.17, 15) is 13.2 Å². The molecule has 1 aliphatic rings. The van der Waals surface area contributed by atoms with Crippen molar-refractivity contribution in [3.05, 3.63) is 0 Å². The lowest BCUT2D eigenvalue weighted by Gasteiger charge is -2.06. The van der Waals surface area contributed by atoms with Crippen molar-refractivity contribution in [2.75, 3.05) is 26.0 Å². The van der Waals surface area contributed by atoms with Crippen molar-refractivity contribution in [1.29, 1.82) is 0 Å². The molecule has 0 spiro atoms. The standard InChI is InChI=1S/C10H20N2O4S/c1-16-10(13)3-2-8-17(14,15)12-7-6-11-9-4-5-9/h9,11-12H,2-8H2,1H3. The average Bonchev–Trinajstić information content (AvgIpc) is 3.08. The monoisotopic (exact) mass is 264 g/mol. The molecule has 1 rings (SSSR count). The Morgan fingerprint density at radius 3 is 2.65 bits per heavy atom. The molecule has 0 unspecified atom stereocenters. The molecule has 0 saturated heterocycles. The van der Waals surface area contributed by atoms with E-state index >= 15 is 0 Å². The lowest BCUT2D eigenvalue weighted by molar-refractivity contribution is -0.140. The van der Waals surface area contributed by atoms with Crippen molar-refractivity contribution in [1.82, 2.24) is 10.0 Å². The third-order valence-corrected chi connectivity index (χ3v) is 3.95. The minimum atomic E-state index is -3.26. The number of ether oxygens (including phenoxy) is 1. The van der Waals surface area contributed by atoms with Crippen LogP contribution in [0.2, 0.25) is 0 Å². The molecule has 0 atom stereocenters. The van der Waals surface area contributed by atoms with Gasteiger partial charge in [0, 0.05) is 25.6 Å². The van der Waals surface area contributed by atoms with Crippen molar-refractivity contribution in [3.8, 4) is 0 Å². The molecule has 0 heterocycles. The van der Waals surface area contributed by atoms with Gasteiger partial charge in [-0.1, -0.05) is 0 Å². The highest BCUT2D eigenvalue weighted by molar-refractivity contribution is 7.89. The van der Waals surface area contributed by atoms with Crippen LogP contribution in [0, 0.1) is 0 Å². The van der Waals surface area contributed by atoms with Crippen LogP contribution in [0.5, 0.6) is 0 Å². The molecule has 0 aromatic carbocycles. The van der Waals surface area contributed by atoms with E-state index in [1.807, 2.05) is 0 Å². The van der Waals surface area contributed by atoms with Crippen LogP contribution < -0.4 is 10.0 Å². The lowest BCUT2D eigenvalue weighted by atomic mass is 10.3. The van der Waals surface area contributed by atoms with Crippen LogP contribution in [0.4, 0.5) is 0 Å². The number of methoxy groups -OCH3 is 1. The maximum atomic E-state index is 11.5. The molecule has 6 nitrogen and oxygen atoms in total. The Morgan fingerprint density at radius 2 is 2.06 bits per heavy atom. The lowest BCUT2D eigenvalue weighted by Crippen LogP contribution is -2.34. The highest BCUT2D eigenvalue weighted by Crippen LogP contribution is 2.17. The quantitative estimate of drug-likeness (QED) is 0.438. The van der Waals surface area contributed by atoms with Gasteiger partial charge in [0.1, 0.15) is 0 Å². The van der Waals surface area contributed by atoms with Gasteiger partial charge in [0.2, 0.25) is 10.0 Å². The highest BCUT2D eigenvalue weighted by atomic mass is 32.2. The molecule has 1 saturated carbocycles. The summed E-state index contributed by atoms with van der Waals surface area (Å²) in [5.74, 6) is -0.415. The van der Waals surface area contributed by atoms with E-state index in [4.69, 9.17) is 0 Å². The van der Waals surface area contributed by atoms with E-state index in [1.165, 1.54) is 20.0 Å². The Bertz CT molecular complexity index is 338. The fourth-order valence-electron chi connectivity index (χ4n) is 1.35. The molecular weight excluding hydrogens is 244 g/mol. The number of rotatable bonds is 9. The third kappa shape index (κ3) is 7.30. The number of hydrogen-bond acceptors (Lipinski definition) is 5. The van der Waals surface area contributed by atoms with E-state index in [2.05, 4.69) is 14.8 Å². The van der Waals surface area contributed by atoms with Crippen molar-refractivity contribution < 1.29 is 17.9 Å². The molecule has 17 heavy (non-hydrogen) atoms. The van der Waals surface area contributed by atoms with Gasteiger partial charge in [-0.05, 0) is 19.3 Å². The zero-order valence-electron chi connectivity index (χ0n) is 10.1. The van der Waals surface area contributed by atoms with E-state index in [0.717, 1.165) is 0 Å². The normalized spacial score (nSPS) is 15.8. The van der Waals surface area contributed by atoms with Gasteiger partial charge in [0.25, 0.3) is 0 Å². The molecule has 0 radical (unpaired) electrons. The first kappa shape index (κ1) is 14.4. The number of esters is 1. The van der Waals surface area contributed by atoms with Gasteiger partial charge >= 0.3 is 5.97 Å². The van der Waals surface area contributed by atoms with Gasteiger partial charge in [-0.2, -0.15) is 0 Å². The van der Waals surface area contributed by atoms with Crippen LogP contribution in [0.1, 0.15) is 25.7 Å². The molecule has 0 aliphatic heterocycles. The van der Waals surface area contributed by atoms with E-state index in [-0.39, 0.29) is 24.6 Å². The summed E-state index contributed by atoms with van der Waals surface area (Å²) in [5.41, 5.74) is 0. The Morgan fingerprint density at radius 1 is 1.35 bits per heavy atom. The first-order valence-corrected chi connectivity index (χ1v) is 7.46. The Balaban J connectivity index is 2.05. The van der Waals surface area contributed by atoms with Crippen molar-refractivity contribution >= 4 is 16.0 Å². The van der Waals surface area contributed by atoms with Crippen LogP contribution in [-0.2, 0) is 19.6 Å². The molecule has 0 aromatic rings. The zero-order chi connectivity index (χ0) is 12.7. The molecule has 0 aromatic heterocycles. The summed E-state index contributed by atoms with van der Waals surface area (Å²) in [7, 11) is -1.97. The summed E-state index contributed by atoms with van der Waals surface area (Å²) in [6.45, 7) is 1.05. The van der Waals surface area contributed by atoms with Crippen LogP contribution in [0.15, 0.2) is 0 Å². The molecule has 100 valence electrons. The second-order valence-corrected chi connectivity index (χ2v) is 6.05. The van der Waals surface area contributed by atoms with E-state index in [1.54, 1.807) is 0 Å². The average molecular weight is 264 g/mol. The summed E-state index contributed by atoms with van der Waals surface area (Å²) in [6, 6.07) is 0.582. The molecule has 0 bridgehead atoms. The second-order valence-electron chi connectivity index (χ2n) is 4.12. The maximum absolute atomic E-state index is 11.5. The van der Waals surface area contributed by atoms with Gasteiger partial charge in [-0.25, -0.2) is 13.1 Å². The van der Waals surface area contributed by atoms with E-state index in [0.29, 0.717) is 19.1 Å².